The normalized spacial score (nSPS) is 12.2. The van der Waals surface area contributed by atoms with E-state index in [1.165, 1.54) is 11.6 Å². The van der Waals surface area contributed by atoms with Crippen LogP contribution in [0.15, 0.2) is 59.0 Å². The number of carbonyl (C=O) groups excluding carboxylic acids is 1. The number of fused-ring (bicyclic) bond motifs is 1. The van der Waals surface area contributed by atoms with Crippen molar-refractivity contribution < 1.29 is 9.21 Å². The summed E-state index contributed by atoms with van der Waals surface area (Å²) in [7, 11) is 0. The number of anilines is 1. The quantitative estimate of drug-likeness (QED) is 0.317. The number of carbonyl (C=O) groups is 1. The first-order chi connectivity index (χ1) is 14.9. The van der Waals surface area contributed by atoms with E-state index in [9.17, 15) is 4.79 Å². The molecule has 0 saturated heterocycles. The number of benzene rings is 3. The SMILES string of the molecule is CC[C@@H](C)c1ccc2oc(-c3ccc(Cl)c(NC(=O)c4ccc(Cl)cc4Cl)c3)nc2c1. The Bertz CT molecular complexity index is 1280. The van der Waals surface area contributed by atoms with Gasteiger partial charge in [-0.25, -0.2) is 4.98 Å². The number of nitrogens with one attached hydrogen (secondary N) is 1. The minimum absolute atomic E-state index is 0.258. The van der Waals surface area contributed by atoms with Gasteiger partial charge < -0.3 is 9.73 Å². The number of amides is 1. The lowest BCUT2D eigenvalue weighted by Gasteiger charge is -2.10. The van der Waals surface area contributed by atoms with Gasteiger partial charge in [-0.05, 0) is 66.4 Å². The Labute approximate surface area is 195 Å². The van der Waals surface area contributed by atoms with E-state index in [1.807, 2.05) is 6.07 Å². The Morgan fingerprint density at radius 2 is 1.84 bits per heavy atom. The van der Waals surface area contributed by atoms with E-state index in [0.29, 0.717) is 44.3 Å². The average molecular weight is 474 g/mol. The summed E-state index contributed by atoms with van der Waals surface area (Å²) < 4.78 is 5.94. The Kier molecular flexibility index (Phi) is 6.24. The van der Waals surface area contributed by atoms with E-state index < -0.39 is 5.91 Å². The van der Waals surface area contributed by atoms with Gasteiger partial charge in [0.2, 0.25) is 5.89 Å². The van der Waals surface area contributed by atoms with Crippen molar-refractivity contribution in [3.63, 3.8) is 0 Å². The molecule has 0 aliphatic rings. The van der Waals surface area contributed by atoms with Gasteiger partial charge in [0, 0.05) is 10.6 Å². The first-order valence-electron chi connectivity index (χ1n) is 9.82. The maximum atomic E-state index is 12.7. The van der Waals surface area contributed by atoms with Crippen LogP contribution in [0.3, 0.4) is 0 Å². The molecule has 1 heterocycles. The van der Waals surface area contributed by atoms with E-state index in [4.69, 9.17) is 39.2 Å². The largest absolute Gasteiger partial charge is 0.436 e. The molecule has 1 atom stereocenters. The second-order valence-electron chi connectivity index (χ2n) is 7.33. The molecule has 158 valence electrons. The molecule has 3 aromatic carbocycles. The van der Waals surface area contributed by atoms with Gasteiger partial charge in [0.05, 0.1) is 21.3 Å². The monoisotopic (exact) mass is 472 g/mol. The van der Waals surface area contributed by atoms with Crippen LogP contribution in [0.25, 0.3) is 22.6 Å². The van der Waals surface area contributed by atoms with Crippen LogP contribution in [0.5, 0.6) is 0 Å². The van der Waals surface area contributed by atoms with Crippen LogP contribution < -0.4 is 5.32 Å². The number of hydrogen-bond acceptors (Lipinski definition) is 3. The molecular weight excluding hydrogens is 455 g/mol. The van der Waals surface area contributed by atoms with Gasteiger partial charge in [-0.2, -0.15) is 0 Å². The minimum Gasteiger partial charge on any atom is -0.436 e. The molecule has 0 radical (unpaired) electrons. The Hall–Kier alpha value is -2.53. The van der Waals surface area contributed by atoms with Crippen molar-refractivity contribution in [3.05, 3.63) is 80.8 Å². The summed E-state index contributed by atoms with van der Waals surface area (Å²) >= 11 is 18.4. The molecule has 1 amide bonds. The summed E-state index contributed by atoms with van der Waals surface area (Å²) in [5.41, 5.74) is 4.14. The molecule has 0 bridgehead atoms. The van der Waals surface area contributed by atoms with Crippen molar-refractivity contribution >= 4 is 57.5 Å². The highest BCUT2D eigenvalue weighted by atomic mass is 35.5. The fourth-order valence-electron chi connectivity index (χ4n) is 3.23. The molecule has 4 rings (SSSR count). The molecule has 0 aliphatic carbocycles. The van der Waals surface area contributed by atoms with Crippen LogP contribution in [-0.4, -0.2) is 10.9 Å². The lowest BCUT2D eigenvalue weighted by molar-refractivity contribution is 0.102. The van der Waals surface area contributed by atoms with Gasteiger partial charge in [-0.3, -0.25) is 4.79 Å². The topological polar surface area (TPSA) is 55.1 Å². The average Bonchev–Trinajstić information content (AvgIpc) is 3.18. The third-order valence-electron chi connectivity index (χ3n) is 5.23. The first-order valence-corrected chi connectivity index (χ1v) is 11.0. The van der Waals surface area contributed by atoms with Crippen LogP contribution >= 0.6 is 34.8 Å². The molecular formula is C24H19Cl3N2O2. The smallest absolute Gasteiger partial charge is 0.257 e. The third-order valence-corrected chi connectivity index (χ3v) is 6.11. The maximum Gasteiger partial charge on any atom is 0.257 e. The van der Waals surface area contributed by atoms with Crippen LogP contribution in [-0.2, 0) is 0 Å². The standard InChI is InChI=1S/C24H19Cl3N2O2/c1-3-13(2)14-5-9-22-21(10-14)29-24(31-22)15-4-8-18(26)20(11-15)28-23(30)17-7-6-16(25)12-19(17)27/h4-13H,3H2,1-2H3,(H,28,30)/t13-/m1/s1. The Morgan fingerprint density at radius 3 is 2.58 bits per heavy atom. The highest BCUT2D eigenvalue weighted by Crippen LogP contribution is 2.32. The van der Waals surface area contributed by atoms with E-state index in [-0.39, 0.29) is 5.02 Å². The van der Waals surface area contributed by atoms with Crippen LogP contribution in [0.2, 0.25) is 15.1 Å². The maximum absolute atomic E-state index is 12.7. The summed E-state index contributed by atoms with van der Waals surface area (Å²) in [5, 5.41) is 3.89. The van der Waals surface area contributed by atoms with Gasteiger partial charge in [-0.15, -0.1) is 0 Å². The highest BCUT2D eigenvalue weighted by Gasteiger charge is 2.16. The van der Waals surface area contributed by atoms with Crippen molar-refractivity contribution in [2.24, 2.45) is 0 Å². The second kappa shape index (κ2) is 8.91. The lowest BCUT2D eigenvalue weighted by atomic mass is 9.98. The molecule has 1 N–H and O–H groups in total. The molecule has 31 heavy (non-hydrogen) atoms. The van der Waals surface area contributed by atoms with Crippen LogP contribution in [0.4, 0.5) is 5.69 Å². The number of rotatable bonds is 5. The molecule has 7 heteroatoms. The van der Waals surface area contributed by atoms with Gasteiger partial charge >= 0.3 is 0 Å². The van der Waals surface area contributed by atoms with Crippen LogP contribution in [0.1, 0.15) is 42.1 Å². The molecule has 0 spiro atoms. The number of halogens is 3. The zero-order chi connectivity index (χ0) is 22.1. The molecule has 0 unspecified atom stereocenters. The van der Waals surface area contributed by atoms with Gasteiger partial charge in [0.15, 0.2) is 5.58 Å². The number of hydrogen-bond donors (Lipinski definition) is 1. The van der Waals surface area contributed by atoms with Crippen molar-refractivity contribution in [2.45, 2.75) is 26.2 Å². The summed E-state index contributed by atoms with van der Waals surface area (Å²) in [6.07, 6.45) is 1.05. The highest BCUT2D eigenvalue weighted by molar-refractivity contribution is 6.37. The van der Waals surface area contributed by atoms with Gasteiger partial charge in [0.1, 0.15) is 5.52 Å². The Balaban J connectivity index is 1.65. The van der Waals surface area contributed by atoms with Gasteiger partial charge in [-0.1, -0.05) is 54.7 Å². The van der Waals surface area contributed by atoms with Crippen molar-refractivity contribution in [2.75, 3.05) is 5.32 Å². The predicted octanol–water partition coefficient (Wildman–Crippen LogP) is 8.22. The first kappa shape index (κ1) is 21.7. The van der Waals surface area contributed by atoms with Gasteiger partial charge in [0.25, 0.3) is 5.91 Å². The molecule has 0 aliphatic heterocycles. The fraction of sp³-hybridized carbons (Fsp3) is 0.167. The minimum atomic E-state index is -0.392. The number of nitrogens with zero attached hydrogens (tertiary/aromatic N) is 1. The summed E-state index contributed by atoms with van der Waals surface area (Å²) in [4.78, 5) is 17.3. The molecule has 0 fully saturated rings. The molecule has 4 nitrogen and oxygen atoms in total. The molecule has 0 saturated carbocycles. The van der Waals surface area contributed by atoms with E-state index in [1.54, 1.807) is 30.3 Å². The molecule has 1 aromatic heterocycles. The molecule has 4 aromatic rings. The zero-order valence-corrected chi connectivity index (χ0v) is 19.1. The van der Waals surface area contributed by atoms with Crippen LogP contribution in [0, 0.1) is 0 Å². The fourth-order valence-corrected chi connectivity index (χ4v) is 3.89. The predicted molar refractivity (Wildman–Crippen MR) is 128 cm³/mol. The zero-order valence-electron chi connectivity index (χ0n) is 16.9. The van der Waals surface area contributed by atoms with E-state index in [2.05, 4.69) is 36.3 Å². The number of oxazole rings is 1. The second-order valence-corrected chi connectivity index (χ2v) is 8.58. The summed E-state index contributed by atoms with van der Waals surface area (Å²) in [6.45, 7) is 4.34. The van der Waals surface area contributed by atoms with Crippen molar-refractivity contribution in [1.29, 1.82) is 0 Å². The van der Waals surface area contributed by atoms with Crippen molar-refractivity contribution in [3.8, 4) is 11.5 Å². The third kappa shape index (κ3) is 4.57. The van der Waals surface area contributed by atoms with E-state index >= 15 is 0 Å². The number of aromatic nitrogens is 1. The lowest BCUT2D eigenvalue weighted by Crippen LogP contribution is -2.12. The Morgan fingerprint density at radius 1 is 1.03 bits per heavy atom. The van der Waals surface area contributed by atoms with Crippen molar-refractivity contribution in [1.82, 2.24) is 4.98 Å². The van der Waals surface area contributed by atoms with E-state index in [0.717, 1.165) is 11.9 Å². The summed E-state index contributed by atoms with van der Waals surface area (Å²) in [5.74, 6) is 0.506. The summed E-state index contributed by atoms with van der Waals surface area (Å²) in [6, 6.07) is 16.0.